The Morgan fingerprint density at radius 3 is 2.46 bits per heavy atom. The van der Waals surface area contributed by atoms with Gasteiger partial charge in [-0.15, -0.1) is 5.10 Å². The van der Waals surface area contributed by atoms with Crippen molar-refractivity contribution < 1.29 is 4.79 Å². The maximum Gasteiger partial charge on any atom is 0.293 e. The van der Waals surface area contributed by atoms with Gasteiger partial charge >= 0.3 is 0 Å². The van der Waals surface area contributed by atoms with Crippen LogP contribution in [0.2, 0.25) is 0 Å². The molecule has 0 spiro atoms. The van der Waals surface area contributed by atoms with Crippen LogP contribution in [0.5, 0.6) is 0 Å². The number of benzene rings is 2. The van der Waals surface area contributed by atoms with Crippen LogP contribution in [-0.2, 0) is 0 Å². The number of likely N-dealkylation sites (tertiary alicyclic amines) is 1. The summed E-state index contributed by atoms with van der Waals surface area (Å²) in [4.78, 5) is 19.4. The molecule has 132 valence electrons. The number of nitrogens with zero attached hydrogens (tertiary/aromatic N) is 4. The van der Waals surface area contributed by atoms with E-state index in [-0.39, 0.29) is 11.7 Å². The molecule has 5 heteroatoms. The van der Waals surface area contributed by atoms with E-state index in [0.29, 0.717) is 5.82 Å². The molecule has 4 rings (SSSR count). The van der Waals surface area contributed by atoms with Crippen molar-refractivity contribution in [2.45, 2.75) is 26.2 Å². The van der Waals surface area contributed by atoms with Gasteiger partial charge in [-0.3, -0.25) is 4.79 Å². The van der Waals surface area contributed by atoms with Crippen molar-refractivity contribution >= 4 is 5.91 Å². The van der Waals surface area contributed by atoms with Crippen LogP contribution in [0.3, 0.4) is 0 Å². The van der Waals surface area contributed by atoms with Crippen LogP contribution in [-0.4, -0.2) is 38.7 Å². The second-order valence-electron chi connectivity index (χ2n) is 6.73. The molecule has 0 saturated carbocycles. The zero-order valence-electron chi connectivity index (χ0n) is 14.9. The fraction of sp³-hybridized carbons (Fsp3) is 0.286. The smallest absolute Gasteiger partial charge is 0.293 e. The average molecular weight is 346 g/mol. The molecule has 5 nitrogen and oxygen atoms in total. The van der Waals surface area contributed by atoms with E-state index in [1.54, 1.807) is 4.68 Å². The van der Waals surface area contributed by atoms with Crippen LogP contribution in [0.15, 0.2) is 54.6 Å². The predicted octanol–water partition coefficient (Wildman–Crippen LogP) is 3.87. The fourth-order valence-electron chi connectivity index (χ4n) is 3.35. The lowest BCUT2D eigenvalue weighted by atomic mass is 10.1. The third kappa shape index (κ3) is 3.25. The van der Waals surface area contributed by atoms with Gasteiger partial charge in [0.15, 0.2) is 5.82 Å². The Morgan fingerprint density at radius 2 is 1.73 bits per heavy atom. The van der Waals surface area contributed by atoms with Gasteiger partial charge in [0.25, 0.3) is 5.91 Å². The Kier molecular flexibility index (Phi) is 4.52. The third-order valence-corrected chi connectivity index (χ3v) is 4.72. The van der Waals surface area contributed by atoms with Gasteiger partial charge < -0.3 is 4.90 Å². The number of amides is 1. The summed E-state index contributed by atoms with van der Waals surface area (Å²) in [5, 5.41) is 4.59. The van der Waals surface area contributed by atoms with Gasteiger partial charge in [0.05, 0.1) is 5.69 Å². The maximum atomic E-state index is 12.9. The molecule has 26 heavy (non-hydrogen) atoms. The van der Waals surface area contributed by atoms with E-state index in [9.17, 15) is 4.79 Å². The number of aromatic nitrogens is 3. The summed E-state index contributed by atoms with van der Waals surface area (Å²) in [7, 11) is 0. The first kappa shape index (κ1) is 16.5. The lowest BCUT2D eigenvalue weighted by Gasteiger charge is -2.25. The number of rotatable bonds is 3. The number of aryl methyl sites for hydroxylation is 1. The van der Waals surface area contributed by atoms with Crippen LogP contribution in [0, 0.1) is 6.92 Å². The Morgan fingerprint density at radius 1 is 0.962 bits per heavy atom. The molecule has 0 N–H and O–H groups in total. The van der Waals surface area contributed by atoms with Gasteiger partial charge in [0, 0.05) is 18.7 Å². The first-order chi connectivity index (χ1) is 12.7. The minimum absolute atomic E-state index is 0.0757. The molecule has 1 aromatic heterocycles. The normalized spacial score (nSPS) is 14.4. The monoisotopic (exact) mass is 346 g/mol. The average Bonchev–Trinajstić information content (AvgIpc) is 3.14. The minimum atomic E-state index is -0.0757. The first-order valence-electron chi connectivity index (χ1n) is 9.11. The number of piperidine rings is 1. The highest BCUT2D eigenvalue weighted by Crippen LogP contribution is 2.22. The Labute approximate surface area is 153 Å². The van der Waals surface area contributed by atoms with Gasteiger partial charge in [-0.05, 0) is 43.9 Å². The zero-order valence-corrected chi connectivity index (χ0v) is 14.9. The molecule has 1 saturated heterocycles. The molecule has 0 unspecified atom stereocenters. The van der Waals surface area contributed by atoms with Crippen molar-refractivity contribution in [3.05, 3.63) is 66.0 Å². The Bertz CT molecular complexity index is 911. The molecule has 0 radical (unpaired) electrons. The van der Waals surface area contributed by atoms with Crippen molar-refractivity contribution in [1.29, 1.82) is 0 Å². The highest BCUT2D eigenvalue weighted by atomic mass is 16.2. The van der Waals surface area contributed by atoms with Crippen LogP contribution in [0.1, 0.15) is 35.4 Å². The van der Waals surface area contributed by atoms with Gasteiger partial charge in [0.1, 0.15) is 0 Å². The van der Waals surface area contributed by atoms with Crippen molar-refractivity contribution in [2.24, 2.45) is 0 Å². The molecule has 0 aliphatic carbocycles. The number of hydrogen-bond acceptors (Lipinski definition) is 3. The summed E-state index contributed by atoms with van der Waals surface area (Å²) in [6, 6.07) is 18.0. The molecule has 2 aromatic carbocycles. The summed E-state index contributed by atoms with van der Waals surface area (Å²) >= 11 is 0. The molecule has 1 aliphatic rings. The van der Waals surface area contributed by atoms with Crippen molar-refractivity contribution in [3.63, 3.8) is 0 Å². The first-order valence-corrected chi connectivity index (χ1v) is 9.11. The van der Waals surface area contributed by atoms with Gasteiger partial charge in [-0.1, -0.05) is 42.5 Å². The Hall–Kier alpha value is -2.95. The lowest BCUT2D eigenvalue weighted by molar-refractivity contribution is 0.0712. The molecule has 1 fully saturated rings. The lowest BCUT2D eigenvalue weighted by Crippen LogP contribution is -2.36. The highest BCUT2D eigenvalue weighted by molar-refractivity contribution is 5.91. The molecule has 3 aromatic rings. The van der Waals surface area contributed by atoms with E-state index in [1.165, 1.54) is 6.42 Å². The largest absolute Gasteiger partial charge is 0.336 e. The summed E-state index contributed by atoms with van der Waals surface area (Å²) in [6.07, 6.45) is 3.29. The van der Waals surface area contributed by atoms with E-state index in [4.69, 9.17) is 0 Å². The van der Waals surface area contributed by atoms with Crippen LogP contribution in [0.25, 0.3) is 17.1 Å². The standard InChI is InChI=1S/C21H22N4O/c1-16-9-8-12-18(15-16)25-20(17-10-4-2-5-11-17)22-19(23-25)21(26)24-13-6-3-7-14-24/h2,4-5,8-12,15H,3,6-7,13-14H2,1H3. The van der Waals surface area contributed by atoms with Gasteiger partial charge in [-0.25, -0.2) is 9.67 Å². The molecule has 1 amide bonds. The van der Waals surface area contributed by atoms with E-state index >= 15 is 0 Å². The highest BCUT2D eigenvalue weighted by Gasteiger charge is 2.24. The number of carbonyl (C=O) groups is 1. The molecule has 2 heterocycles. The topological polar surface area (TPSA) is 51.0 Å². The number of carbonyl (C=O) groups excluding carboxylic acids is 1. The predicted molar refractivity (Wildman–Crippen MR) is 101 cm³/mol. The molecule has 0 atom stereocenters. The number of hydrogen-bond donors (Lipinski definition) is 0. The summed E-state index contributed by atoms with van der Waals surface area (Å²) in [5.74, 6) is 0.886. The molecule has 1 aliphatic heterocycles. The quantitative estimate of drug-likeness (QED) is 0.723. The van der Waals surface area contributed by atoms with Crippen LogP contribution in [0.4, 0.5) is 0 Å². The van der Waals surface area contributed by atoms with Crippen molar-refractivity contribution in [3.8, 4) is 17.1 Å². The van der Waals surface area contributed by atoms with Crippen molar-refractivity contribution in [2.75, 3.05) is 13.1 Å². The van der Waals surface area contributed by atoms with E-state index in [0.717, 1.165) is 42.7 Å². The second-order valence-corrected chi connectivity index (χ2v) is 6.73. The van der Waals surface area contributed by atoms with E-state index in [1.807, 2.05) is 60.4 Å². The second kappa shape index (κ2) is 7.12. The zero-order chi connectivity index (χ0) is 17.9. The minimum Gasteiger partial charge on any atom is -0.336 e. The maximum absolute atomic E-state index is 12.9. The van der Waals surface area contributed by atoms with Crippen molar-refractivity contribution in [1.82, 2.24) is 19.7 Å². The van der Waals surface area contributed by atoms with E-state index in [2.05, 4.69) is 16.1 Å². The Balaban J connectivity index is 1.79. The summed E-state index contributed by atoms with van der Waals surface area (Å²) in [6.45, 7) is 3.62. The molecule has 0 bridgehead atoms. The summed E-state index contributed by atoms with van der Waals surface area (Å²) in [5.41, 5.74) is 2.99. The fourth-order valence-corrected chi connectivity index (χ4v) is 3.35. The third-order valence-electron chi connectivity index (χ3n) is 4.72. The van der Waals surface area contributed by atoms with Crippen LogP contribution < -0.4 is 0 Å². The van der Waals surface area contributed by atoms with Gasteiger partial charge in [-0.2, -0.15) is 0 Å². The van der Waals surface area contributed by atoms with E-state index < -0.39 is 0 Å². The molecular formula is C21H22N4O. The SMILES string of the molecule is Cc1cccc(-n2nc(C(=O)N3CCCCC3)nc2-c2ccccc2)c1. The summed E-state index contributed by atoms with van der Waals surface area (Å²) < 4.78 is 1.78. The van der Waals surface area contributed by atoms with Crippen LogP contribution >= 0.6 is 0 Å². The van der Waals surface area contributed by atoms with Gasteiger partial charge in [0.2, 0.25) is 5.82 Å². The molecular weight excluding hydrogens is 324 g/mol.